The topological polar surface area (TPSA) is 16.4 Å². The third kappa shape index (κ3) is 8.63. The van der Waals surface area contributed by atoms with Crippen molar-refractivity contribution in [3.8, 4) is 55.6 Å². The minimum atomic E-state index is 0.906. The molecule has 0 unspecified atom stereocenters. The quantitative estimate of drug-likeness (QED) is 0.152. The van der Waals surface area contributed by atoms with Crippen LogP contribution in [-0.4, -0.2) is 0 Å². The van der Waals surface area contributed by atoms with Gasteiger partial charge in [-0.05, 0) is 137 Å². The second-order valence-electron chi connectivity index (χ2n) is 16.7. The van der Waals surface area contributed by atoms with Gasteiger partial charge in [-0.1, -0.05) is 194 Å². The van der Waals surface area contributed by atoms with Crippen molar-refractivity contribution in [2.45, 2.75) is 20.8 Å². The number of rotatable bonds is 8. The average molecular weight is 836 g/mol. The number of nitrogens with zero attached hydrogens (tertiary/aromatic N) is 1. The Bertz CT molecular complexity index is 3360. The number of aryl methyl sites for hydroxylation is 3. The number of hydrogen-bond acceptors (Lipinski definition) is 2. The van der Waals surface area contributed by atoms with Crippen molar-refractivity contribution < 1.29 is 4.42 Å². The van der Waals surface area contributed by atoms with Crippen LogP contribution in [0, 0.1) is 20.8 Å². The first kappa shape index (κ1) is 40.8. The summed E-state index contributed by atoms with van der Waals surface area (Å²) in [6.07, 6.45) is 0. The van der Waals surface area contributed by atoms with E-state index in [9.17, 15) is 0 Å². The van der Waals surface area contributed by atoms with Crippen LogP contribution in [0.25, 0.3) is 77.6 Å². The maximum Gasteiger partial charge on any atom is 0.143 e. The first-order chi connectivity index (χ1) is 32.0. The molecule has 0 fully saturated rings. The lowest BCUT2D eigenvalue weighted by atomic mass is 9.93. The molecule has 65 heavy (non-hydrogen) atoms. The van der Waals surface area contributed by atoms with E-state index in [0.717, 1.165) is 50.1 Å². The van der Waals surface area contributed by atoms with Crippen LogP contribution in [-0.2, 0) is 0 Å². The van der Waals surface area contributed by atoms with E-state index in [1.165, 1.54) is 61.2 Å². The third-order valence-corrected chi connectivity index (χ3v) is 12.3. The van der Waals surface area contributed by atoms with E-state index in [1.807, 2.05) is 30.3 Å². The van der Waals surface area contributed by atoms with E-state index >= 15 is 0 Å². The van der Waals surface area contributed by atoms with Gasteiger partial charge in [-0.3, -0.25) is 0 Å². The van der Waals surface area contributed by atoms with E-state index in [2.05, 4.69) is 238 Å². The Morgan fingerprint density at radius 3 is 1.35 bits per heavy atom. The molecule has 0 atom stereocenters. The summed E-state index contributed by atoms with van der Waals surface area (Å²) in [6.45, 7) is 6.46. The fourth-order valence-electron chi connectivity index (χ4n) is 8.83. The average Bonchev–Trinajstić information content (AvgIpc) is 3.75. The van der Waals surface area contributed by atoms with E-state index in [-0.39, 0.29) is 0 Å². The molecule has 2 nitrogen and oxygen atoms in total. The zero-order valence-corrected chi connectivity index (χ0v) is 36.9. The highest BCUT2D eigenvalue weighted by Crippen LogP contribution is 2.41. The van der Waals surface area contributed by atoms with E-state index in [1.54, 1.807) is 0 Å². The largest absolute Gasteiger partial charge is 0.455 e. The fourth-order valence-corrected chi connectivity index (χ4v) is 8.83. The summed E-state index contributed by atoms with van der Waals surface area (Å²) in [7, 11) is 0. The fraction of sp³-hybridized carbons (Fsp3) is 0.0476. The van der Waals surface area contributed by atoms with Crippen molar-refractivity contribution in [1.29, 1.82) is 0 Å². The summed E-state index contributed by atoms with van der Waals surface area (Å²) < 4.78 is 6.42. The van der Waals surface area contributed by atoms with Gasteiger partial charge in [-0.25, -0.2) is 0 Å². The van der Waals surface area contributed by atoms with E-state index in [0.29, 0.717) is 0 Å². The molecule has 11 aromatic rings. The third-order valence-electron chi connectivity index (χ3n) is 12.3. The van der Waals surface area contributed by atoms with Gasteiger partial charge < -0.3 is 9.32 Å². The van der Waals surface area contributed by atoms with Crippen LogP contribution >= 0.6 is 0 Å². The molecule has 0 aliphatic rings. The second kappa shape index (κ2) is 18.3. The minimum absolute atomic E-state index is 0.906. The van der Waals surface area contributed by atoms with E-state index in [4.69, 9.17) is 4.42 Å². The van der Waals surface area contributed by atoms with Gasteiger partial charge in [0, 0.05) is 33.4 Å². The van der Waals surface area contributed by atoms with Gasteiger partial charge in [0.15, 0.2) is 0 Å². The molecule has 0 amide bonds. The molecule has 0 radical (unpaired) electrons. The van der Waals surface area contributed by atoms with Gasteiger partial charge in [-0.2, -0.15) is 0 Å². The SMILES string of the molecule is Cc1ccccc1.Cc1ccccc1-c1cc(-c2ccc(N(c3ccc(-c4cccc(-c5ccccc5)c4)cc3)c3ccc(-c4cccc5c4oc4ccccc45)cc3)cc2)ccc1C. The molecule has 0 spiro atoms. The number of furan rings is 1. The molecule has 0 aliphatic heterocycles. The molecule has 11 rings (SSSR count). The molecule has 10 aromatic carbocycles. The number of para-hydroxylation sites is 2. The van der Waals surface area contributed by atoms with Crippen LogP contribution in [0.4, 0.5) is 17.1 Å². The molecule has 0 saturated heterocycles. The lowest BCUT2D eigenvalue weighted by Crippen LogP contribution is -2.09. The molecule has 312 valence electrons. The highest BCUT2D eigenvalue weighted by molar-refractivity contribution is 6.09. The summed E-state index contributed by atoms with van der Waals surface area (Å²) in [5.74, 6) is 0. The highest BCUT2D eigenvalue weighted by Gasteiger charge is 2.17. The van der Waals surface area contributed by atoms with Crippen LogP contribution in [0.15, 0.2) is 247 Å². The standard InChI is InChI=1S/C56H41NO.C7H8/c1-38-12-6-7-17-50(38)54-37-46(23-22-39(54)2)42-26-32-48(33-27-42)57(47-30-24-41(25-31-47)45-16-10-15-44(36-45)40-13-4-3-5-14-40)49-34-28-43(29-35-49)51-19-11-20-53-52-18-8-9-21-55(52)58-56(51)53;1-7-5-3-2-4-6-7/h3-37H,1-2H3;2-6H,1H3. The molecule has 2 heteroatoms. The Labute approximate surface area is 382 Å². The minimum Gasteiger partial charge on any atom is -0.455 e. The predicted octanol–water partition coefficient (Wildman–Crippen LogP) is 18.0. The molecule has 1 heterocycles. The zero-order valence-electron chi connectivity index (χ0n) is 36.9. The second-order valence-corrected chi connectivity index (χ2v) is 16.7. The van der Waals surface area contributed by atoms with Gasteiger partial charge in [0.05, 0.1) is 0 Å². The van der Waals surface area contributed by atoms with Crippen LogP contribution in [0.3, 0.4) is 0 Å². The molecule has 1 aromatic heterocycles. The molecule has 0 bridgehead atoms. The smallest absolute Gasteiger partial charge is 0.143 e. The van der Waals surface area contributed by atoms with Crippen LogP contribution < -0.4 is 4.90 Å². The van der Waals surface area contributed by atoms with Crippen LogP contribution in [0.1, 0.15) is 16.7 Å². The van der Waals surface area contributed by atoms with E-state index < -0.39 is 0 Å². The number of hydrogen-bond donors (Lipinski definition) is 0. The van der Waals surface area contributed by atoms with Crippen molar-refractivity contribution in [1.82, 2.24) is 0 Å². The summed E-state index contributed by atoms with van der Waals surface area (Å²) in [5, 5.41) is 2.27. The summed E-state index contributed by atoms with van der Waals surface area (Å²) in [6, 6.07) is 86.5. The summed E-state index contributed by atoms with van der Waals surface area (Å²) in [4.78, 5) is 2.34. The van der Waals surface area contributed by atoms with Crippen LogP contribution in [0.2, 0.25) is 0 Å². The maximum atomic E-state index is 6.42. The Morgan fingerprint density at radius 1 is 0.292 bits per heavy atom. The Balaban J connectivity index is 0.000000652. The monoisotopic (exact) mass is 835 g/mol. The molecular weight excluding hydrogens is 787 g/mol. The molecule has 0 saturated carbocycles. The van der Waals surface area contributed by atoms with Gasteiger partial charge in [0.2, 0.25) is 0 Å². The maximum absolute atomic E-state index is 6.42. The first-order valence-electron chi connectivity index (χ1n) is 22.3. The van der Waals surface area contributed by atoms with Gasteiger partial charge in [-0.15, -0.1) is 0 Å². The van der Waals surface area contributed by atoms with Crippen molar-refractivity contribution >= 4 is 39.0 Å². The Morgan fingerprint density at radius 2 is 0.738 bits per heavy atom. The number of fused-ring (bicyclic) bond motifs is 3. The molecular formula is C63H49NO. The van der Waals surface area contributed by atoms with Crippen molar-refractivity contribution in [3.63, 3.8) is 0 Å². The molecule has 0 N–H and O–H groups in total. The van der Waals surface area contributed by atoms with Gasteiger partial charge in [0.25, 0.3) is 0 Å². The normalized spacial score (nSPS) is 11.0. The Kier molecular flexibility index (Phi) is 11.5. The van der Waals surface area contributed by atoms with Crippen molar-refractivity contribution in [2.24, 2.45) is 0 Å². The summed E-state index contributed by atoms with van der Waals surface area (Å²) >= 11 is 0. The lowest BCUT2D eigenvalue weighted by molar-refractivity contribution is 0.670. The van der Waals surface area contributed by atoms with Crippen molar-refractivity contribution in [2.75, 3.05) is 4.90 Å². The number of anilines is 3. The molecule has 0 aliphatic carbocycles. The number of benzene rings is 10. The van der Waals surface area contributed by atoms with Gasteiger partial charge >= 0.3 is 0 Å². The summed E-state index contributed by atoms with van der Waals surface area (Å²) in [5.41, 5.74) is 20.9. The predicted molar refractivity (Wildman–Crippen MR) is 276 cm³/mol. The Hall–Kier alpha value is -8.20. The lowest BCUT2D eigenvalue weighted by Gasteiger charge is -2.26. The van der Waals surface area contributed by atoms with Crippen molar-refractivity contribution in [3.05, 3.63) is 259 Å². The first-order valence-corrected chi connectivity index (χ1v) is 22.3. The van der Waals surface area contributed by atoms with Gasteiger partial charge in [0.1, 0.15) is 11.2 Å². The highest BCUT2D eigenvalue weighted by atomic mass is 16.3. The van der Waals surface area contributed by atoms with Crippen LogP contribution in [0.5, 0.6) is 0 Å². The zero-order chi connectivity index (χ0) is 44.1.